The van der Waals surface area contributed by atoms with Crippen LogP contribution >= 0.6 is 12.4 Å². The molecule has 7 nitrogen and oxygen atoms in total. The Kier molecular flexibility index (Phi) is 7.03. The van der Waals surface area contributed by atoms with Crippen LogP contribution in [0, 0.1) is 5.92 Å². The Hall–Kier alpha value is -1.35. The van der Waals surface area contributed by atoms with Crippen molar-refractivity contribution < 1.29 is 17.6 Å². The molecule has 1 saturated heterocycles. The molecule has 3 fully saturated rings. The first-order valence-electron chi connectivity index (χ1n) is 11.9. The van der Waals surface area contributed by atoms with Gasteiger partial charge in [0, 0.05) is 37.5 Å². The summed E-state index contributed by atoms with van der Waals surface area (Å²) < 4.78 is 37.2. The Morgan fingerprint density at radius 2 is 1.76 bits per heavy atom. The third-order valence-corrected chi connectivity index (χ3v) is 8.99. The first-order valence-corrected chi connectivity index (χ1v) is 13.8. The molecule has 2 saturated carbocycles. The molecule has 5 rings (SSSR count). The van der Waals surface area contributed by atoms with Crippen LogP contribution in [0.3, 0.4) is 0 Å². The third kappa shape index (κ3) is 5.19. The molecular weight excluding hydrogens is 464 g/mol. The summed E-state index contributed by atoms with van der Waals surface area (Å²) in [5.41, 5.74) is 1.22. The molecule has 0 spiro atoms. The van der Waals surface area contributed by atoms with E-state index in [1.54, 1.807) is 16.7 Å². The normalized spacial score (nSPS) is 27.5. The molecule has 1 aliphatic heterocycles. The molecule has 0 atom stereocenters. The van der Waals surface area contributed by atoms with Gasteiger partial charge >= 0.3 is 5.76 Å². The number of rotatable bonds is 6. The van der Waals surface area contributed by atoms with Gasteiger partial charge in [-0.15, -0.1) is 12.4 Å². The summed E-state index contributed by atoms with van der Waals surface area (Å²) in [5, 5.41) is 0. The van der Waals surface area contributed by atoms with E-state index in [-0.39, 0.29) is 28.9 Å². The maximum absolute atomic E-state index is 12.6. The Balaban J connectivity index is 0.00000259. The SMILES string of the molecule is CS(=O)(=O)c1ccc2oc(=O)n(C3CCN([C@]4(C)CC[C@@H](OCC5CC5)CC4)CC3)c2c1.Cl. The summed E-state index contributed by atoms with van der Waals surface area (Å²) in [7, 11) is -3.35. The third-order valence-electron chi connectivity index (χ3n) is 7.88. The van der Waals surface area contributed by atoms with Crippen LogP contribution in [0.4, 0.5) is 0 Å². The minimum absolute atomic E-state index is 0. The van der Waals surface area contributed by atoms with Crippen molar-refractivity contribution >= 4 is 33.3 Å². The number of hydrogen-bond acceptors (Lipinski definition) is 6. The van der Waals surface area contributed by atoms with Crippen LogP contribution < -0.4 is 5.76 Å². The summed E-state index contributed by atoms with van der Waals surface area (Å²) in [6.45, 7) is 5.18. The lowest BCUT2D eigenvalue weighted by molar-refractivity contribution is -0.0336. The monoisotopic (exact) mass is 498 g/mol. The van der Waals surface area contributed by atoms with Crippen LogP contribution in [-0.2, 0) is 14.6 Å². The molecule has 1 aromatic carbocycles. The van der Waals surface area contributed by atoms with E-state index in [0.29, 0.717) is 17.2 Å². The molecule has 0 radical (unpaired) electrons. The number of sulfone groups is 1. The molecule has 184 valence electrons. The Labute approximate surface area is 201 Å². The highest BCUT2D eigenvalue weighted by molar-refractivity contribution is 7.90. The Bertz CT molecular complexity index is 1140. The molecule has 33 heavy (non-hydrogen) atoms. The fraction of sp³-hybridized carbons (Fsp3) is 0.708. The number of halogens is 1. The van der Waals surface area contributed by atoms with Gasteiger partial charge in [-0.3, -0.25) is 9.47 Å². The largest absolute Gasteiger partial charge is 0.420 e. The number of ether oxygens (including phenoxy) is 1. The lowest BCUT2D eigenvalue weighted by Gasteiger charge is -2.48. The van der Waals surface area contributed by atoms with Gasteiger partial charge in [0.15, 0.2) is 15.4 Å². The molecule has 0 bridgehead atoms. The van der Waals surface area contributed by atoms with Crippen LogP contribution in [0.2, 0.25) is 0 Å². The minimum atomic E-state index is -3.35. The lowest BCUT2D eigenvalue weighted by atomic mass is 9.79. The van der Waals surface area contributed by atoms with Crippen molar-refractivity contribution in [3.05, 3.63) is 28.7 Å². The first kappa shape index (κ1) is 24.8. The number of likely N-dealkylation sites (tertiary alicyclic amines) is 1. The predicted molar refractivity (Wildman–Crippen MR) is 130 cm³/mol. The number of piperidine rings is 1. The van der Waals surface area contributed by atoms with Crippen LogP contribution in [0.1, 0.15) is 64.3 Å². The van der Waals surface area contributed by atoms with Crippen LogP contribution in [0.15, 0.2) is 32.3 Å². The second-order valence-corrected chi connectivity index (χ2v) is 12.3. The molecule has 2 heterocycles. The highest BCUT2D eigenvalue weighted by Gasteiger charge is 2.39. The van der Waals surface area contributed by atoms with Crippen molar-refractivity contribution in [1.29, 1.82) is 0 Å². The molecule has 0 N–H and O–H groups in total. The predicted octanol–water partition coefficient (Wildman–Crippen LogP) is 4.18. The zero-order valence-electron chi connectivity index (χ0n) is 19.5. The van der Waals surface area contributed by atoms with E-state index in [2.05, 4.69) is 11.8 Å². The Morgan fingerprint density at radius 3 is 2.36 bits per heavy atom. The van der Waals surface area contributed by atoms with Gasteiger partial charge in [0.05, 0.1) is 16.5 Å². The molecule has 1 aromatic heterocycles. The molecule has 0 unspecified atom stereocenters. The van der Waals surface area contributed by atoms with E-state index in [1.165, 1.54) is 25.2 Å². The van der Waals surface area contributed by atoms with Crippen molar-refractivity contribution in [2.75, 3.05) is 26.0 Å². The summed E-state index contributed by atoms with van der Waals surface area (Å²) in [6.07, 6.45) is 10.5. The summed E-state index contributed by atoms with van der Waals surface area (Å²) in [6, 6.07) is 4.69. The van der Waals surface area contributed by atoms with Crippen LogP contribution in [0.5, 0.6) is 0 Å². The molecular formula is C24H35ClN2O5S. The number of aromatic nitrogens is 1. The van der Waals surface area contributed by atoms with Crippen LogP contribution in [0.25, 0.3) is 11.1 Å². The van der Waals surface area contributed by atoms with Gasteiger partial charge in [0.25, 0.3) is 0 Å². The molecule has 2 aromatic rings. The van der Waals surface area contributed by atoms with Gasteiger partial charge in [-0.25, -0.2) is 13.2 Å². The smallest absolute Gasteiger partial charge is 0.408 e. The lowest BCUT2D eigenvalue weighted by Crippen LogP contribution is -2.53. The molecule has 0 amide bonds. The molecule has 9 heteroatoms. The fourth-order valence-electron chi connectivity index (χ4n) is 5.51. The second kappa shape index (κ2) is 9.36. The van der Waals surface area contributed by atoms with Gasteiger partial charge in [0.1, 0.15) is 0 Å². The van der Waals surface area contributed by atoms with E-state index in [1.807, 2.05) is 0 Å². The van der Waals surface area contributed by atoms with Crippen LogP contribution in [-0.4, -0.2) is 55.5 Å². The van der Waals surface area contributed by atoms with Crippen molar-refractivity contribution in [2.24, 2.45) is 5.92 Å². The molecule has 3 aliphatic rings. The quantitative estimate of drug-likeness (QED) is 0.594. The summed E-state index contributed by atoms with van der Waals surface area (Å²) in [4.78, 5) is 15.4. The number of fused-ring (bicyclic) bond motifs is 1. The summed E-state index contributed by atoms with van der Waals surface area (Å²) >= 11 is 0. The van der Waals surface area contributed by atoms with Crippen molar-refractivity contribution in [3.8, 4) is 0 Å². The number of nitrogens with zero attached hydrogens (tertiary/aromatic N) is 2. The fourth-order valence-corrected chi connectivity index (χ4v) is 6.15. The minimum Gasteiger partial charge on any atom is -0.408 e. The zero-order chi connectivity index (χ0) is 22.5. The standard InChI is InChI=1S/C24H34N2O5S.ClH/c1-24(11-7-19(8-12-24)30-16-17-3-4-17)25-13-9-18(10-14-25)26-21-15-20(32(2,28)29)5-6-22(21)31-23(26)27;/h5-6,15,17-19H,3-4,7-14,16H2,1-2H3;1H/t19-,24-;. The van der Waals surface area contributed by atoms with Crippen molar-refractivity contribution in [3.63, 3.8) is 0 Å². The molecule has 2 aliphatic carbocycles. The van der Waals surface area contributed by atoms with E-state index in [0.717, 1.165) is 64.1 Å². The van der Waals surface area contributed by atoms with Gasteiger partial charge in [-0.05, 0) is 82.4 Å². The van der Waals surface area contributed by atoms with Crippen molar-refractivity contribution in [2.45, 2.75) is 80.9 Å². The highest BCUT2D eigenvalue weighted by atomic mass is 35.5. The van der Waals surface area contributed by atoms with Gasteiger partial charge in [0.2, 0.25) is 0 Å². The van der Waals surface area contributed by atoms with Crippen molar-refractivity contribution in [1.82, 2.24) is 9.47 Å². The maximum Gasteiger partial charge on any atom is 0.420 e. The summed E-state index contributed by atoms with van der Waals surface area (Å²) in [5.74, 6) is 0.418. The zero-order valence-corrected chi connectivity index (χ0v) is 21.1. The van der Waals surface area contributed by atoms with E-state index in [9.17, 15) is 13.2 Å². The number of benzene rings is 1. The average molecular weight is 499 g/mol. The number of oxazole rings is 1. The van der Waals surface area contributed by atoms with Gasteiger partial charge in [-0.2, -0.15) is 0 Å². The highest BCUT2D eigenvalue weighted by Crippen LogP contribution is 2.39. The van der Waals surface area contributed by atoms with E-state index >= 15 is 0 Å². The Morgan fingerprint density at radius 1 is 1.09 bits per heavy atom. The van der Waals surface area contributed by atoms with Gasteiger partial charge < -0.3 is 9.15 Å². The van der Waals surface area contributed by atoms with Gasteiger partial charge in [-0.1, -0.05) is 0 Å². The van der Waals surface area contributed by atoms with E-state index in [4.69, 9.17) is 9.15 Å². The van der Waals surface area contributed by atoms with E-state index < -0.39 is 15.6 Å². The number of hydrogen-bond donors (Lipinski definition) is 0. The first-order chi connectivity index (χ1) is 15.2. The topological polar surface area (TPSA) is 81.8 Å². The second-order valence-electron chi connectivity index (χ2n) is 10.3. The average Bonchev–Trinajstić information content (AvgIpc) is 3.53. The maximum atomic E-state index is 12.6.